The van der Waals surface area contributed by atoms with Crippen molar-refractivity contribution in [3.8, 4) is 5.75 Å². The van der Waals surface area contributed by atoms with Gasteiger partial charge in [0, 0.05) is 10.6 Å². The van der Waals surface area contributed by atoms with Gasteiger partial charge in [0.1, 0.15) is 11.4 Å². The van der Waals surface area contributed by atoms with Gasteiger partial charge in [-0.1, -0.05) is 11.6 Å². The summed E-state index contributed by atoms with van der Waals surface area (Å²) in [6.07, 6.45) is 0.446. The van der Waals surface area contributed by atoms with E-state index in [0.717, 1.165) is 0 Å². The van der Waals surface area contributed by atoms with Crippen molar-refractivity contribution in [2.45, 2.75) is 12.5 Å². The lowest BCUT2D eigenvalue weighted by Crippen LogP contribution is -2.23. The van der Waals surface area contributed by atoms with Crippen LogP contribution in [0, 0.1) is 0 Å². The summed E-state index contributed by atoms with van der Waals surface area (Å²) in [4.78, 5) is 10.7. The van der Waals surface area contributed by atoms with E-state index in [0.29, 0.717) is 22.6 Å². The first-order valence-electron chi connectivity index (χ1n) is 4.04. The van der Waals surface area contributed by atoms with Gasteiger partial charge in [-0.15, -0.1) is 0 Å². The molecule has 76 valence electrons. The Kier molecular flexibility index (Phi) is 3.13. The largest absolute Gasteiger partial charge is 0.496 e. The zero-order valence-electron chi connectivity index (χ0n) is 7.95. The number of methoxy groups -OCH3 is 1. The van der Waals surface area contributed by atoms with Gasteiger partial charge in [0.15, 0.2) is 6.29 Å². The van der Waals surface area contributed by atoms with Crippen LogP contribution in [0.4, 0.5) is 0 Å². The van der Waals surface area contributed by atoms with Gasteiger partial charge < -0.3 is 9.84 Å². The molecule has 0 heterocycles. The number of aldehydes is 1. The van der Waals surface area contributed by atoms with E-state index < -0.39 is 5.60 Å². The van der Waals surface area contributed by atoms with Crippen molar-refractivity contribution in [1.82, 2.24) is 0 Å². The SMILES string of the molecule is COc1ccc(Cl)cc1C(C)(O)C=O. The third-order valence-corrected chi connectivity index (χ3v) is 2.17. The van der Waals surface area contributed by atoms with E-state index in [-0.39, 0.29) is 0 Å². The van der Waals surface area contributed by atoms with Crippen LogP contribution >= 0.6 is 11.6 Å². The molecule has 0 saturated carbocycles. The average molecular weight is 215 g/mol. The van der Waals surface area contributed by atoms with Crippen molar-refractivity contribution in [3.63, 3.8) is 0 Å². The molecule has 3 nitrogen and oxygen atoms in total. The lowest BCUT2D eigenvalue weighted by molar-refractivity contribution is -0.123. The topological polar surface area (TPSA) is 46.5 Å². The Labute approximate surface area is 87.3 Å². The molecule has 1 aromatic rings. The van der Waals surface area contributed by atoms with Crippen molar-refractivity contribution in [3.05, 3.63) is 28.8 Å². The van der Waals surface area contributed by atoms with Gasteiger partial charge >= 0.3 is 0 Å². The molecule has 1 rings (SSSR count). The molecule has 1 atom stereocenters. The number of ether oxygens (including phenoxy) is 1. The van der Waals surface area contributed by atoms with Gasteiger partial charge in [-0.25, -0.2) is 0 Å². The van der Waals surface area contributed by atoms with Crippen LogP contribution in [0.25, 0.3) is 0 Å². The molecule has 0 aliphatic heterocycles. The summed E-state index contributed by atoms with van der Waals surface area (Å²) in [5, 5.41) is 10.2. The van der Waals surface area contributed by atoms with Crippen LogP contribution in [0.1, 0.15) is 12.5 Å². The molecule has 0 fully saturated rings. The Bertz CT molecular complexity index is 347. The molecule has 1 aromatic carbocycles. The molecular formula is C10H11ClO3. The fraction of sp³-hybridized carbons (Fsp3) is 0.300. The van der Waals surface area contributed by atoms with Crippen LogP contribution in [0.15, 0.2) is 18.2 Å². The highest BCUT2D eigenvalue weighted by Crippen LogP contribution is 2.30. The highest BCUT2D eigenvalue weighted by atomic mass is 35.5. The van der Waals surface area contributed by atoms with E-state index in [9.17, 15) is 9.90 Å². The number of benzene rings is 1. The molecule has 0 saturated heterocycles. The van der Waals surface area contributed by atoms with E-state index in [1.807, 2.05) is 0 Å². The molecule has 0 aromatic heterocycles. The normalized spacial score (nSPS) is 14.6. The minimum Gasteiger partial charge on any atom is -0.496 e. The van der Waals surface area contributed by atoms with Crippen LogP contribution in [0.2, 0.25) is 5.02 Å². The third kappa shape index (κ3) is 2.05. The number of hydrogen-bond donors (Lipinski definition) is 1. The number of rotatable bonds is 3. The molecule has 1 unspecified atom stereocenters. The van der Waals surface area contributed by atoms with Crippen LogP contribution in [-0.4, -0.2) is 18.5 Å². The molecule has 0 bridgehead atoms. The van der Waals surface area contributed by atoms with E-state index >= 15 is 0 Å². The van der Waals surface area contributed by atoms with E-state index in [4.69, 9.17) is 16.3 Å². The van der Waals surface area contributed by atoms with Crippen molar-refractivity contribution in [2.75, 3.05) is 7.11 Å². The number of carbonyl (C=O) groups excluding carboxylic acids is 1. The fourth-order valence-corrected chi connectivity index (χ4v) is 1.31. The minimum absolute atomic E-state index is 0.363. The Morgan fingerprint density at radius 2 is 2.21 bits per heavy atom. The lowest BCUT2D eigenvalue weighted by Gasteiger charge is -2.19. The third-order valence-electron chi connectivity index (χ3n) is 1.94. The maximum atomic E-state index is 10.7. The lowest BCUT2D eigenvalue weighted by atomic mass is 9.97. The van der Waals surface area contributed by atoms with E-state index in [2.05, 4.69) is 0 Å². The van der Waals surface area contributed by atoms with Crippen molar-refractivity contribution in [2.24, 2.45) is 0 Å². The zero-order valence-corrected chi connectivity index (χ0v) is 8.71. The molecule has 14 heavy (non-hydrogen) atoms. The second-order valence-electron chi connectivity index (χ2n) is 3.11. The standard InChI is InChI=1S/C10H11ClO3/c1-10(13,6-12)8-5-7(11)3-4-9(8)14-2/h3-6,13H,1-2H3. The van der Waals surface area contributed by atoms with Gasteiger partial charge in [-0.3, -0.25) is 4.79 Å². The van der Waals surface area contributed by atoms with Gasteiger partial charge in [0.2, 0.25) is 0 Å². The van der Waals surface area contributed by atoms with Crippen molar-refractivity contribution in [1.29, 1.82) is 0 Å². The Balaban J connectivity index is 3.30. The molecule has 0 aliphatic carbocycles. The smallest absolute Gasteiger partial charge is 0.155 e. The minimum atomic E-state index is -1.57. The van der Waals surface area contributed by atoms with Crippen LogP contribution in [0.3, 0.4) is 0 Å². The Morgan fingerprint density at radius 1 is 1.57 bits per heavy atom. The van der Waals surface area contributed by atoms with Crippen LogP contribution in [-0.2, 0) is 10.4 Å². The van der Waals surface area contributed by atoms with Gasteiger partial charge in [-0.05, 0) is 25.1 Å². The first kappa shape index (κ1) is 11.0. The first-order valence-corrected chi connectivity index (χ1v) is 4.42. The van der Waals surface area contributed by atoms with Gasteiger partial charge in [-0.2, -0.15) is 0 Å². The molecular weight excluding hydrogens is 204 g/mol. The highest BCUT2D eigenvalue weighted by Gasteiger charge is 2.26. The molecule has 0 amide bonds. The molecule has 0 radical (unpaired) electrons. The van der Waals surface area contributed by atoms with Gasteiger partial charge in [0.05, 0.1) is 7.11 Å². The number of hydrogen-bond acceptors (Lipinski definition) is 3. The molecule has 0 spiro atoms. The summed E-state index contributed by atoms with van der Waals surface area (Å²) in [6.45, 7) is 1.38. The van der Waals surface area contributed by atoms with Crippen molar-refractivity contribution >= 4 is 17.9 Å². The van der Waals surface area contributed by atoms with Crippen molar-refractivity contribution < 1.29 is 14.6 Å². The fourth-order valence-electron chi connectivity index (χ4n) is 1.14. The zero-order chi connectivity index (χ0) is 10.8. The summed E-state index contributed by atoms with van der Waals surface area (Å²) in [5.74, 6) is 0.437. The maximum absolute atomic E-state index is 10.7. The summed E-state index contributed by atoms with van der Waals surface area (Å²) in [7, 11) is 1.47. The van der Waals surface area contributed by atoms with Crippen LogP contribution in [0.5, 0.6) is 5.75 Å². The number of aliphatic hydroxyl groups is 1. The predicted octanol–water partition coefficient (Wildman–Crippen LogP) is 1.76. The summed E-state index contributed by atoms with van der Waals surface area (Å²) >= 11 is 5.75. The van der Waals surface area contributed by atoms with Gasteiger partial charge in [0.25, 0.3) is 0 Å². The second-order valence-corrected chi connectivity index (χ2v) is 3.55. The second kappa shape index (κ2) is 3.98. The van der Waals surface area contributed by atoms with Crippen LogP contribution < -0.4 is 4.74 Å². The molecule has 1 N–H and O–H groups in total. The maximum Gasteiger partial charge on any atom is 0.155 e. The Morgan fingerprint density at radius 3 is 2.71 bits per heavy atom. The quantitative estimate of drug-likeness (QED) is 0.780. The first-order chi connectivity index (χ1) is 6.51. The van der Waals surface area contributed by atoms with E-state index in [1.165, 1.54) is 20.1 Å². The van der Waals surface area contributed by atoms with E-state index in [1.54, 1.807) is 12.1 Å². The molecule has 4 heteroatoms. The predicted molar refractivity (Wildman–Crippen MR) is 53.6 cm³/mol. The number of carbonyl (C=O) groups is 1. The Hall–Kier alpha value is -1.06. The number of halogens is 1. The average Bonchev–Trinajstić information content (AvgIpc) is 2.18. The summed E-state index contributed by atoms with van der Waals surface area (Å²) in [6, 6.07) is 4.75. The highest BCUT2D eigenvalue weighted by molar-refractivity contribution is 6.30. The summed E-state index contributed by atoms with van der Waals surface area (Å²) < 4.78 is 5.01. The summed E-state index contributed by atoms with van der Waals surface area (Å²) in [5.41, 5.74) is -1.21. The monoisotopic (exact) mass is 214 g/mol. The molecule has 0 aliphatic rings.